The van der Waals surface area contributed by atoms with E-state index in [9.17, 15) is 8.42 Å². The Kier molecular flexibility index (Phi) is 6.04. The van der Waals surface area contributed by atoms with E-state index in [1.54, 1.807) is 8.61 Å². The molecule has 18 heavy (non-hydrogen) atoms. The lowest BCUT2D eigenvalue weighted by Gasteiger charge is -2.40. The topological polar surface area (TPSA) is 52.7 Å². The van der Waals surface area contributed by atoms with E-state index in [0.717, 1.165) is 19.4 Å². The Bertz CT molecular complexity index is 341. The maximum atomic E-state index is 12.6. The molecule has 0 aromatic rings. The third kappa shape index (κ3) is 3.23. The quantitative estimate of drug-likeness (QED) is 0.789. The van der Waals surface area contributed by atoms with Crippen LogP contribution in [-0.2, 0) is 10.2 Å². The molecule has 5 nitrogen and oxygen atoms in total. The van der Waals surface area contributed by atoms with Gasteiger partial charge in [0.1, 0.15) is 0 Å². The molecule has 1 aliphatic rings. The molecule has 0 bridgehead atoms. The van der Waals surface area contributed by atoms with Gasteiger partial charge in [0.05, 0.1) is 0 Å². The van der Waals surface area contributed by atoms with Crippen molar-refractivity contribution in [1.29, 1.82) is 0 Å². The van der Waals surface area contributed by atoms with Crippen LogP contribution in [0.2, 0.25) is 0 Å². The molecule has 1 saturated heterocycles. The molecule has 0 radical (unpaired) electrons. The Balaban J connectivity index is 2.94. The lowest BCUT2D eigenvalue weighted by atomic mass is 10.1. The van der Waals surface area contributed by atoms with Gasteiger partial charge in [0.15, 0.2) is 0 Å². The number of nitrogens with zero attached hydrogens (tertiary/aromatic N) is 2. The molecule has 0 aliphatic carbocycles. The van der Waals surface area contributed by atoms with E-state index in [1.165, 1.54) is 0 Å². The minimum atomic E-state index is -3.30. The fourth-order valence-corrected chi connectivity index (χ4v) is 4.36. The van der Waals surface area contributed by atoms with Crippen LogP contribution in [0.1, 0.15) is 40.5 Å². The minimum absolute atomic E-state index is 0.0819. The standard InChI is InChI=1S/C12H27N3O2S/c1-5-11-10-15(12(6-2)9-13-11)18(16,17)14(7-3)8-4/h11-13H,5-10H2,1-4H3. The van der Waals surface area contributed by atoms with Crippen LogP contribution in [0.25, 0.3) is 0 Å². The van der Waals surface area contributed by atoms with Crippen molar-refractivity contribution in [2.45, 2.75) is 52.6 Å². The average molecular weight is 277 g/mol. The molecular weight excluding hydrogens is 250 g/mol. The first-order chi connectivity index (χ1) is 8.51. The van der Waals surface area contributed by atoms with Gasteiger partial charge in [-0.05, 0) is 12.8 Å². The molecule has 0 amide bonds. The summed E-state index contributed by atoms with van der Waals surface area (Å²) in [4.78, 5) is 0. The van der Waals surface area contributed by atoms with Crippen LogP contribution >= 0.6 is 0 Å². The van der Waals surface area contributed by atoms with E-state index in [0.29, 0.717) is 19.6 Å². The van der Waals surface area contributed by atoms with E-state index in [1.807, 2.05) is 20.8 Å². The summed E-state index contributed by atoms with van der Waals surface area (Å²) in [5.74, 6) is 0. The van der Waals surface area contributed by atoms with Crippen molar-refractivity contribution in [3.63, 3.8) is 0 Å². The van der Waals surface area contributed by atoms with Crippen LogP contribution < -0.4 is 5.32 Å². The van der Waals surface area contributed by atoms with Crippen molar-refractivity contribution in [3.8, 4) is 0 Å². The van der Waals surface area contributed by atoms with E-state index < -0.39 is 10.2 Å². The van der Waals surface area contributed by atoms with Crippen LogP contribution in [0.15, 0.2) is 0 Å². The highest BCUT2D eigenvalue weighted by molar-refractivity contribution is 7.86. The molecule has 1 fully saturated rings. The smallest absolute Gasteiger partial charge is 0.282 e. The summed E-state index contributed by atoms with van der Waals surface area (Å²) in [5.41, 5.74) is 0. The molecule has 0 spiro atoms. The van der Waals surface area contributed by atoms with Crippen LogP contribution in [0.4, 0.5) is 0 Å². The fraction of sp³-hybridized carbons (Fsp3) is 1.00. The van der Waals surface area contributed by atoms with Crippen LogP contribution in [0, 0.1) is 0 Å². The summed E-state index contributed by atoms with van der Waals surface area (Å²) in [6, 6.07) is 0.358. The van der Waals surface area contributed by atoms with E-state index in [2.05, 4.69) is 12.2 Å². The van der Waals surface area contributed by atoms with Crippen LogP contribution in [-0.4, -0.2) is 55.3 Å². The molecule has 1 aliphatic heterocycles. The van der Waals surface area contributed by atoms with Crippen molar-refractivity contribution in [1.82, 2.24) is 13.9 Å². The summed E-state index contributed by atoms with van der Waals surface area (Å²) < 4.78 is 28.5. The van der Waals surface area contributed by atoms with Crippen molar-refractivity contribution in [3.05, 3.63) is 0 Å². The molecule has 1 heterocycles. The normalized spacial score (nSPS) is 26.7. The molecule has 1 N–H and O–H groups in total. The number of hydrogen-bond donors (Lipinski definition) is 1. The molecule has 0 saturated carbocycles. The third-order valence-electron chi connectivity index (χ3n) is 3.74. The summed E-state index contributed by atoms with van der Waals surface area (Å²) in [7, 11) is -3.30. The first kappa shape index (κ1) is 15.9. The van der Waals surface area contributed by atoms with Gasteiger partial charge in [0, 0.05) is 38.3 Å². The molecule has 0 aromatic heterocycles. The van der Waals surface area contributed by atoms with Crippen molar-refractivity contribution < 1.29 is 8.42 Å². The zero-order valence-corrected chi connectivity index (χ0v) is 12.8. The lowest BCUT2D eigenvalue weighted by molar-refractivity contribution is 0.202. The van der Waals surface area contributed by atoms with Crippen LogP contribution in [0.5, 0.6) is 0 Å². The van der Waals surface area contributed by atoms with Gasteiger partial charge >= 0.3 is 0 Å². The summed E-state index contributed by atoms with van der Waals surface area (Å²) in [6.45, 7) is 10.3. The Morgan fingerprint density at radius 3 is 2.22 bits per heavy atom. The predicted octanol–water partition coefficient (Wildman–Crippen LogP) is 1.04. The number of piperazine rings is 1. The third-order valence-corrected chi connectivity index (χ3v) is 5.95. The van der Waals surface area contributed by atoms with Crippen LogP contribution in [0.3, 0.4) is 0 Å². The lowest BCUT2D eigenvalue weighted by Crippen LogP contribution is -2.60. The highest BCUT2D eigenvalue weighted by Gasteiger charge is 2.37. The highest BCUT2D eigenvalue weighted by atomic mass is 32.2. The van der Waals surface area contributed by atoms with Gasteiger partial charge < -0.3 is 5.32 Å². The first-order valence-corrected chi connectivity index (χ1v) is 8.41. The number of rotatable bonds is 6. The van der Waals surface area contributed by atoms with Gasteiger partial charge in [-0.2, -0.15) is 17.0 Å². The van der Waals surface area contributed by atoms with E-state index >= 15 is 0 Å². The van der Waals surface area contributed by atoms with Gasteiger partial charge in [0.2, 0.25) is 0 Å². The summed E-state index contributed by atoms with van der Waals surface area (Å²) >= 11 is 0. The van der Waals surface area contributed by atoms with E-state index in [-0.39, 0.29) is 12.1 Å². The first-order valence-electron chi connectivity index (χ1n) is 7.01. The van der Waals surface area contributed by atoms with Gasteiger partial charge in [0.25, 0.3) is 10.2 Å². The molecule has 0 aromatic carbocycles. The number of hydrogen-bond acceptors (Lipinski definition) is 3. The average Bonchev–Trinajstić information content (AvgIpc) is 2.39. The van der Waals surface area contributed by atoms with Gasteiger partial charge in [-0.25, -0.2) is 0 Å². The van der Waals surface area contributed by atoms with Gasteiger partial charge in [-0.15, -0.1) is 0 Å². The van der Waals surface area contributed by atoms with Crippen molar-refractivity contribution >= 4 is 10.2 Å². The fourth-order valence-electron chi connectivity index (χ4n) is 2.44. The zero-order valence-electron chi connectivity index (χ0n) is 12.0. The SMILES string of the molecule is CCC1CN(S(=O)(=O)N(CC)CC)C(CC)CN1. The van der Waals surface area contributed by atoms with E-state index in [4.69, 9.17) is 0 Å². The predicted molar refractivity (Wildman–Crippen MR) is 74.7 cm³/mol. The second-order valence-corrected chi connectivity index (χ2v) is 6.62. The minimum Gasteiger partial charge on any atom is -0.311 e. The zero-order chi connectivity index (χ0) is 13.8. The summed E-state index contributed by atoms with van der Waals surface area (Å²) in [6.07, 6.45) is 1.81. The second-order valence-electron chi connectivity index (χ2n) is 4.74. The highest BCUT2D eigenvalue weighted by Crippen LogP contribution is 2.19. The largest absolute Gasteiger partial charge is 0.311 e. The molecule has 2 unspecified atom stereocenters. The Morgan fingerprint density at radius 2 is 1.78 bits per heavy atom. The maximum Gasteiger partial charge on any atom is 0.282 e. The maximum absolute atomic E-state index is 12.6. The Hall–Kier alpha value is -0.170. The number of nitrogens with one attached hydrogen (secondary N) is 1. The molecule has 2 atom stereocenters. The molecule has 1 rings (SSSR count). The molecular formula is C12H27N3O2S. The van der Waals surface area contributed by atoms with Gasteiger partial charge in [-0.3, -0.25) is 0 Å². The molecule has 108 valence electrons. The Labute approximate surface area is 112 Å². The monoisotopic (exact) mass is 277 g/mol. The summed E-state index contributed by atoms with van der Waals surface area (Å²) in [5, 5.41) is 3.42. The Morgan fingerprint density at radius 1 is 1.17 bits per heavy atom. The second kappa shape index (κ2) is 6.84. The van der Waals surface area contributed by atoms with Crippen molar-refractivity contribution in [2.75, 3.05) is 26.2 Å². The van der Waals surface area contributed by atoms with Gasteiger partial charge in [-0.1, -0.05) is 27.7 Å². The van der Waals surface area contributed by atoms with Crippen molar-refractivity contribution in [2.24, 2.45) is 0 Å². The molecule has 6 heteroatoms.